The smallest absolute Gasteiger partial charge is 0.127 e. The first-order valence-corrected chi connectivity index (χ1v) is 5.76. The topological polar surface area (TPSA) is 13.1 Å². The zero-order valence-corrected chi connectivity index (χ0v) is 9.73. The van der Waals surface area contributed by atoms with Crippen molar-refractivity contribution in [3.8, 4) is 0 Å². The van der Waals surface area contributed by atoms with Crippen molar-refractivity contribution < 1.29 is 4.42 Å². The molecule has 0 aliphatic rings. The summed E-state index contributed by atoms with van der Waals surface area (Å²) >= 11 is 3.45. The molecule has 13 heavy (non-hydrogen) atoms. The highest BCUT2D eigenvalue weighted by molar-refractivity contribution is 9.09. The van der Waals surface area contributed by atoms with Gasteiger partial charge in [0.2, 0.25) is 0 Å². The molecule has 1 aromatic heterocycles. The summed E-state index contributed by atoms with van der Waals surface area (Å²) < 4.78 is 5.57. The third-order valence-electron chi connectivity index (χ3n) is 2.00. The Bertz CT molecular complexity index is 280. The van der Waals surface area contributed by atoms with Crippen LogP contribution in [0.15, 0.2) is 22.1 Å². The third kappa shape index (κ3) is 3.03. The number of hydrogen-bond donors (Lipinski definition) is 0. The average Bonchev–Trinajstić information content (AvgIpc) is 2.61. The molecule has 0 spiro atoms. The lowest BCUT2D eigenvalue weighted by molar-refractivity contribution is 0.507. The van der Waals surface area contributed by atoms with E-state index in [1.54, 1.807) is 0 Å². The fraction of sp³-hybridized carbons (Fsp3) is 0.455. The summed E-state index contributed by atoms with van der Waals surface area (Å²) in [6.45, 7) is 4.24. The van der Waals surface area contributed by atoms with Crippen LogP contribution in [-0.4, -0.2) is 5.33 Å². The van der Waals surface area contributed by atoms with E-state index in [0.29, 0.717) is 0 Å². The lowest BCUT2D eigenvalue weighted by Crippen LogP contribution is -1.80. The number of furan rings is 1. The molecule has 0 saturated carbocycles. The average molecular weight is 243 g/mol. The van der Waals surface area contributed by atoms with E-state index in [9.17, 15) is 0 Å². The molecule has 1 nitrogen and oxygen atoms in total. The van der Waals surface area contributed by atoms with Gasteiger partial charge in [-0.15, -0.1) is 0 Å². The van der Waals surface area contributed by atoms with Gasteiger partial charge in [0.1, 0.15) is 11.5 Å². The Morgan fingerprint density at radius 1 is 1.46 bits per heavy atom. The molecule has 0 radical (unpaired) electrons. The number of aryl methyl sites for hydroxylation is 1. The van der Waals surface area contributed by atoms with E-state index >= 15 is 0 Å². The van der Waals surface area contributed by atoms with Gasteiger partial charge in [0, 0.05) is 11.8 Å². The van der Waals surface area contributed by atoms with Crippen LogP contribution >= 0.6 is 15.9 Å². The predicted molar refractivity (Wildman–Crippen MR) is 60.1 cm³/mol. The Morgan fingerprint density at radius 3 is 2.69 bits per heavy atom. The van der Waals surface area contributed by atoms with Crippen molar-refractivity contribution in [2.75, 3.05) is 5.33 Å². The van der Waals surface area contributed by atoms with Crippen LogP contribution in [0.1, 0.15) is 31.8 Å². The molecule has 0 bridgehead atoms. The summed E-state index contributed by atoms with van der Waals surface area (Å²) in [5, 5.41) is 0.922. The molecule has 0 saturated heterocycles. The lowest BCUT2D eigenvalue weighted by Gasteiger charge is -1.96. The minimum absolute atomic E-state index is 0.922. The van der Waals surface area contributed by atoms with Crippen LogP contribution in [0.3, 0.4) is 0 Å². The molecule has 0 aliphatic heterocycles. The highest BCUT2D eigenvalue weighted by atomic mass is 79.9. The fourth-order valence-corrected chi connectivity index (χ4v) is 1.66. The maximum atomic E-state index is 5.57. The zero-order valence-electron chi connectivity index (χ0n) is 8.14. The Labute approximate surface area is 88.0 Å². The quantitative estimate of drug-likeness (QED) is 0.727. The first-order chi connectivity index (χ1) is 6.30. The second-order valence-electron chi connectivity index (χ2n) is 2.95. The van der Waals surface area contributed by atoms with Gasteiger partial charge in [-0.25, -0.2) is 0 Å². The van der Waals surface area contributed by atoms with Gasteiger partial charge in [-0.05, 0) is 24.6 Å². The van der Waals surface area contributed by atoms with E-state index in [0.717, 1.165) is 29.7 Å². The number of halogens is 1. The van der Waals surface area contributed by atoms with Crippen molar-refractivity contribution in [3.05, 3.63) is 29.2 Å². The van der Waals surface area contributed by atoms with Crippen LogP contribution in [0.2, 0.25) is 0 Å². The lowest BCUT2D eigenvalue weighted by atomic mass is 10.2. The van der Waals surface area contributed by atoms with Gasteiger partial charge in [-0.3, -0.25) is 0 Å². The predicted octanol–water partition coefficient (Wildman–Crippen LogP) is 4.03. The SMILES string of the molecule is CCC(=Cc1ccc(CC)o1)CBr. The maximum absolute atomic E-state index is 5.57. The highest BCUT2D eigenvalue weighted by Crippen LogP contribution is 2.15. The van der Waals surface area contributed by atoms with Crippen molar-refractivity contribution in [1.29, 1.82) is 0 Å². The molecule has 2 heteroatoms. The molecule has 72 valence electrons. The van der Waals surface area contributed by atoms with Gasteiger partial charge in [-0.1, -0.05) is 35.4 Å². The molecule has 0 N–H and O–H groups in total. The largest absolute Gasteiger partial charge is 0.462 e. The second kappa shape index (κ2) is 5.28. The van der Waals surface area contributed by atoms with E-state index in [-0.39, 0.29) is 0 Å². The molecule has 0 amide bonds. The Hall–Kier alpha value is -0.500. The Kier molecular flexibility index (Phi) is 4.29. The van der Waals surface area contributed by atoms with Crippen LogP contribution in [0.4, 0.5) is 0 Å². The van der Waals surface area contributed by atoms with E-state index in [4.69, 9.17) is 4.42 Å². The van der Waals surface area contributed by atoms with E-state index in [1.165, 1.54) is 5.57 Å². The highest BCUT2D eigenvalue weighted by Gasteiger charge is 1.98. The maximum Gasteiger partial charge on any atom is 0.127 e. The number of rotatable bonds is 4. The number of alkyl halides is 1. The summed E-state index contributed by atoms with van der Waals surface area (Å²) in [6, 6.07) is 4.06. The van der Waals surface area contributed by atoms with Crippen molar-refractivity contribution >= 4 is 22.0 Å². The number of hydrogen-bond acceptors (Lipinski definition) is 1. The summed E-state index contributed by atoms with van der Waals surface area (Å²) in [6.07, 6.45) is 4.13. The summed E-state index contributed by atoms with van der Waals surface area (Å²) in [7, 11) is 0. The molecule has 0 fully saturated rings. The van der Waals surface area contributed by atoms with Gasteiger partial charge in [0.25, 0.3) is 0 Å². The standard InChI is InChI=1S/C11H15BrO/c1-3-9(8-12)7-11-6-5-10(4-2)13-11/h5-7H,3-4,8H2,1-2H3. The van der Waals surface area contributed by atoms with E-state index in [2.05, 4.69) is 35.9 Å². The first kappa shape index (κ1) is 10.6. The second-order valence-corrected chi connectivity index (χ2v) is 3.51. The molecule has 1 rings (SSSR count). The Morgan fingerprint density at radius 2 is 2.23 bits per heavy atom. The molecule has 0 aliphatic carbocycles. The molecule has 0 atom stereocenters. The third-order valence-corrected chi connectivity index (χ3v) is 2.72. The zero-order chi connectivity index (χ0) is 9.68. The minimum atomic E-state index is 0.922. The van der Waals surface area contributed by atoms with Crippen LogP contribution in [-0.2, 0) is 6.42 Å². The van der Waals surface area contributed by atoms with Crippen LogP contribution < -0.4 is 0 Å². The van der Waals surface area contributed by atoms with Crippen molar-refractivity contribution in [2.24, 2.45) is 0 Å². The van der Waals surface area contributed by atoms with Crippen molar-refractivity contribution in [1.82, 2.24) is 0 Å². The molecular formula is C11H15BrO. The van der Waals surface area contributed by atoms with Crippen LogP contribution in [0.25, 0.3) is 6.08 Å². The van der Waals surface area contributed by atoms with Crippen LogP contribution in [0.5, 0.6) is 0 Å². The fourth-order valence-electron chi connectivity index (χ4n) is 1.10. The molecular weight excluding hydrogens is 228 g/mol. The van der Waals surface area contributed by atoms with E-state index in [1.807, 2.05) is 12.1 Å². The summed E-state index contributed by atoms with van der Waals surface area (Å²) in [5.41, 5.74) is 1.36. The van der Waals surface area contributed by atoms with Crippen molar-refractivity contribution in [2.45, 2.75) is 26.7 Å². The van der Waals surface area contributed by atoms with Gasteiger partial charge < -0.3 is 4.42 Å². The van der Waals surface area contributed by atoms with Gasteiger partial charge in [0.15, 0.2) is 0 Å². The van der Waals surface area contributed by atoms with Gasteiger partial charge in [0.05, 0.1) is 0 Å². The Balaban J connectivity index is 2.77. The monoisotopic (exact) mass is 242 g/mol. The molecule has 1 heterocycles. The normalized spacial score (nSPS) is 12.1. The van der Waals surface area contributed by atoms with Gasteiger partial charge >= 0.3 is 0 Å². The van der Waals surface area contributed by atoms with Crippen LogP contribution in [0, 0.1) is 0 Å². The van der Waals surface area contributed by atoms with Gasteiger partial charge in [-0.2, -0.15) is 0 Å². The van der Waals surface area contributed by atoms with Crippen molar-refractivity contribution in [3.63, 3.8) is 0 Å². The minimum Gasteiger partial charge on any atom is -0.462 e. The number of allylic oxidation sites excluding steroid dienone is 1. The summed E-state index contributed by atoms with van der Waals surface area (Å²) in [4.78, 5) is 0. The van der Waals surface area contributed by atoms with E-state index < -0.39 is 0 Å². The summed E-state index contributed by atoms with van der Waals surface area (Å²) in [5.74, 6) is 2.02. The molecule has 0 aromatic carbocycles. The first-order valence-electron chi connectivity index (χ1n) is 4.64. The molecule has 0 unspecified atom stereocenters. The molecule has 1 aromatic rings.